The molecule has 0 atom stereocenters. The number of benzene rings is 1. The molecule has 5 heterocycles. The van der Waals surface area contributed by atoms with Crippen molar-refractivity contribution in [2.24, 2.45) is 0 Å². The highest BCUT2D eigenvalue weighted by atomic mass is 19.4. The van der Waals surface area contributed by atoms with Crippen LogP contribution in [0.5, 0.6) is 0 Å². The number of piperidine rings is 1. The van der Waals surface area contributed by atoms with Gasteiger partial charge in [0, 0.05) is 61.4 Å². The van der Waals surface area contributed by atoms with Crippen LogP contribution < -0.4 is 10.2 Å². The average molecular weight is 525 g/mol. The predicted octanol–water partition coefficient (Wildman–Crippen LogP) is 3.78. The molecule has 0 aliphatic carbocycles. The average Bonchev–Trinajstić information content (AvgIpc) is 3.60. The van der Waals surface area contributed by atoms with E-state index in [2.05, 4.69) is 40.8 Å². The molecule has 0 bridgehead atoms. The summed E-state index contributed by atoms with van der Waals surface area (Å²) in [4.78, 5) is 18.6. The van der Waals surface area contributed by atoms with Gasteiger partial charge in [0.05, 0.1) is 5.56 Å². The minimum Gasteiger partial charge on any atom is -0.341 e. The Bertz CT molecular complexity index is 1560. The Labute approximate surface area is 212 Å². The van der Waals surface area contributed by atoms with Crippen LogP contribution in [0.25, 0.3) is 11.3 Å². The summed E-state index contributed by atoms with van der Waals surface area (Å²) in [5.41, 5.74) is 1.39. The molecule has 1 aromatic carbocycles. The van der Waals surface area contributed by atoms with Gasteiger partial charge < -0.3 is 10.2 Å². The van der Waals surface area contributed by atoms with Gasteiger partial charge in [0.1, 0.15) is 12.0 Å². The summed E-state index contributed by atoms with van der Waals surface area (Å²) >= 11 is 0. The molecule has 194 valence electrons. The standard InChI is InChI=1S/C23H19F4N11/c24-17-9-16(1-2-18(17)38-13-32-34-35-38)33-20-21-29-12-19(37(21)8-5-28-20)14-3-6-36(7-4-14)22-30-10-15(11-31-22)23(25,26)27/h1-2,5,8-14H,3-4,6-7H2,(H,28,33). The number of anilines is 3. The van der Waals surface area contributed by atoms with E-state index < -0.39 is 17.6 Å². The molecule has 1 fully saturated rings. The highest BCUT2D eigenvalue weighted by Crippen LogP contribution is 2.32. The molecule has 15 heteroatoms. The molecule has 1 aliphatic rings. The maximum Gasteiger partial charge on any atom is 0.419 e. The molecule has 0 radical (unpaired) electrons. The minimum absolute atomic E-state index is 0.166. The molecule has 0 saturated carbocycles. The summed E-state index contributed by atoms with van der Waals surface area (Å²) in [6, 6.07) is 4.57. The van der Waals surface area contributed by atoms with Crippen LogP contribution in [0.1, 0.15) is 30.0 Å². The van der Waals surface area contributed by atoms with Crippen molar-refractivity contribution in [1.29, 1.82) is 0 Å². The molecule has 1 N–H and O–H groups in total. The first-order valence-corrected chi connectivity index (χ1v) is 11.6. The number of fused-ring (bicyclic) bond motifs is 1. The molecule has 1 saturated heterocycles. The fraction of sp³-hybridized carbons (Fsp3) is 0.261. The lowest BCUT2D eigenvalue weighted by Gasteiger charge is -2.31. The van der Waals surface area contributed by atoms with Crippen LogP contribution in [0.3, 0.4) is 0 Å². The maximum atomic E-state index is 14.6. The van der Waals surface area contributed by atoms with Crippen LogP contribution in [0.15, 0.2) is 55.5 Å². The van der Waals surface area contributed by atoms with E-state index in [4.69, 9.17) is 0 Å². The van der Waals surface area contributed by atoms with Crippen molar-refractivity contribution in [3.05, 3.63) is 72.6 Å². The SMILES string of the molecule is Fc1cc(Nc2nccn3c(C4CCN(c5ncc(C(F)(F)F)cn5)CC4)cnc23)ccc1-n1cnnn1. The topological polar surface area (TPSA) is 115 Å². The van der Waals surface area contributed by atoms with Crippen molar-refractivity contribution in [3.63, 3.8) is 0 Å². The molecule has 0 spiro atoms. The lowest BCUT2D eigenvalue weighted by Crippen LogP contribution is -2.34. The number of rotatable bonds is 5. The van der Waals surface area contributed by atoms with Gasteiger partial charge in [-0.1, -0.05) is 0 Å². The molecular formula is C23H19F4N11. The maximum absolute atomic E-state index is 14.6. The second kappa shape index (κ2) is 9.32. The predicted molar refractivity (Wildman–Crippen MR) is 127 cm³/mol. The Morgan fingerprint density at radius 2 is 1.76 bits per heavy atom. The van der Waals surface area contributed by atoms with Crippen LogP contribution in [0.2, 0.25) is 0 Å². The van der Waals surface area contributed by atoms with E-state index in [1.807, 2.05) is 15.5 Å². The largest absolute Gasteiger partial charge is 0.419 e. The first-order chi connectivity index (χ1) is 18.4. The summed E-state index contributed by atoms with van der Waals surface area (Å²) in [5.74, 6) is 0.397. The number of hydrogen-bond acceptors (Lipinski definition) is 9. The lowest BCUT2D eigenvalue weighted by atomic mass is 9.94. The van der Waals surface area contributed by atoms with Crippen molar-refractivity contribution in [3.8, 4) is 5.69 Å². The van der Waals surface area contributed by atoms with Crippen LogP contribution in [0.4, 0.5) is 35.0 Å². The Balaban J connectivity index is 1.17. The number of nitrogens with one attached hydrogen (secondary N) is 1. The molecule has 38 heavy (non-hydrogen) atoms. The van der Waals surface area contributed by atoms with E-state index in [-0.39, 0.29) is 17.6 Å². The third-order valence-electron chi connectivity index (χ3n) is 6.42. The van der Waals surface area contributed by atoms with Gasteiger partial charge >= 0.3 is 6.18 Å². The molecule has 4 aromatic heterocycles. The number of imidazole rings is 1. The molecule has 0 unspecified atom stereocenters. The van der Waals surface area contributed by atoms with E-state index in [9.17, 15) is 17.6 Å². The van der Waals surface area contributed by atoms with E-state index in [0.29, 0.717) is 30.2 Å². The van der Waals surface area contributed by atoms with Gasteiger partial charge in [0.15, 0.2) is 17.3 Å². The van der Waals surface area contributed by atoms with Gasteiger partial charge in [-0.2, -0.15) is 17.9 Å². The Morgan fingerprint density at radius 1 is 0.974 bits per heavy atom. The Kier molecular flexibility index (Phi) is 5.81. The second-order valence-corrected chi connectivity index (χ2v) is 8.73. The highest BCUT2D eigenvalue weighted by Gasteiger charge is 2.32. The van der Waals surface area contributed by atoms with Crippen molar-refractivity contribution < 1.29 is 17.6 Å². The summed E-state index contributed by atoms with van der Waals surface area (Å²) in [6.07, 6.45) is 5.19. The van der Waals surface area contributed by atoms with Gasteiger partial charge in [-0.3, -0.25) is 4.40 Å². The fourth-order valence-corrected chi connectivity index (χ4v) is 4.51. The number of alkyl halides is 3. The zero-order valence-corrected chi connectivity index (χ0v) is 19.6. The molecular weight excluding hydrogens is 506 g/mol. The quantitative estimate of drug-likeness (QED) is 0.342. The third-order valence-corrected chi connectivity index (χ3v) is 6.42. The van der Waals surface area contributed by atoms with E-state index in [0.717, 1.165) is 30.9 Å². The van der Waals surface area contributed by atoms with Crippen LogP contribution in [0, 0.1) is 5.82 Å². The van der Waals surface area contributed by atoms with Gasteiger partial charge in [0.2, 0.25) is 5.95 Å². The summed E-state index contributed by atoms with van der Waals surface area (Å²) in [5, 5.41) is 13.9. The van der Waals surface area contributed by atoms with E-state index >= 15 is 0 Å². The zero-order valence-electron chi connectivity index (χ0n) is 19.6. The second-order valence-electron chi connectivity index (χ2n) is 8.73. The monoisotopic (exact) mass is 525 g/mol. The minimum atomic E-state index is -4.47. The van der Waals surface area contributed by atoms with Crippen molar-refractivity contribution >= 4 is 23.1 Å². The van der Waals surface area contributed by atoms with Gasteiger partial charge in [-0.15, -0.1) is 5.10 Å². The van der Waals surface area contributed by atoms with Crippen LogP contribution in [-0.2, 0) is 6.18 Å². The number of aromatic nitrogens is 9. The number of halogens is 4. The summed E-state index contributed by atoms with van der Waals surface area (Å²) in [7, 11) is 0. The van der Waals surface area contributed by atoms with E-state index in [1.54, 1.807) is 24.5 Å². The van der Waals surface area contributed by atoms with Crippen molar-refractivity contribution in [2.45, 2.75) is 24.9 Å². The highest BCUT2D eigenvalue weighted by molar-refractivity contribution is 5.70. The summed E-state index contributed by atoms with van der Waals surface area (Å²) < 4.78 is 56.2. The fourth-order valence-electron chi connectivity index (χ4n) is 4.51. The summed E-state index contributed by atoms with van der Waals surface area (Å²) in [6.45, 7) is 1.18. The number of tetrazole rings is 1. The molecule has 6 rings (SSSR count). The molecule has 0 amide bonds. The number of nitrogens with zero attached hydrogens (tertiary/aromatic N) is 10. The molecule has 11 nitrogen and oxygen atoms in total. The first kappa shape index (κ1) is 23.7. The van der Waals surface area contributed by atoms with Crippen molar-refractivity contribution in [2.75, 3.05) is 23.3 Å². The Morgan fingerprint density at radius 3 is 2.45 bits per heavy atom. The van der Waals surface area contributed by atoms with Crippen LogP contribution >= 0.6 is 0 Å². The lowest BCUT2D eigenvalue weighted by molar-refractivity contribution is -0.138. The zero-order chi connectivity index (χ0) is 26.3. The van der Waals surface area contributed by atoms with Gasteiger partial charge in [0.25, 0.3) is 0 Å². The van der Waals surface area contributed by atoms with Gasteiger partial charge in [-0.05, 0) is 41.5 Å². The number of hydrogen-bond donors (Lipinski definition) is 1. The van der Waals surface area contributed by atoms with E-state index in [1.165, 1.54) is 17.1 Å². The van der Waals surface area contributed by atoms with Gasteiger partial charge in [-0.25, -0.2) is 24.3 Å². The smallest absolute Gasteiger partial charge is 0.341 e. The van der Waals surface area contributed by atoms with Crippen molar-refractivity contribution in [1.82, 2.24) is 44.5 Å². The normalized spacial score (nSPS) is 14.8. The molecule has 5 aromatic rings. The third kappa shape index (κ3) is 4.46. The first-order valence-electron chi connectivity index (χ1n) is 11.6. The Hall–Kier alpha value is -4.69. The molecule has 1 aliphatic heterocycles. The van der Waals surface area contributed by atoms with Crippen LogP contribution in [-0.4, -0.2) is 57.6 Å².